The maximum absolute atomic E-state index is 11.5. The predicted octanol–water partition coefficient (Wildman–Crippen LogP) is 4.21. The summed E-state index contributed by atoms with van der Waals surface area (Å²) in [6.07, 6.45) is 2.56. The SMILES string of the molecule is Cc1cc(-n2cc(C=O)c(-c3ccccc3)n2)nc2ccccc12. The van der Waals surface area contributed by atoms with Crippen molar-refractivity contribution in [1.29, 1.82) is 0 Å². The van der Waals surface area contributed by atoms with Gasteiger partial charge in [-0.1, -0.05) is 48.5 Å². The van der Waals surface area contributed by atoms with Crippen LogP contribution in [-0.4, -0.2) is 21.1 Å². The minimum absolute atomic E-state index is 0.550. The van der Waals surface area contributed by atoms with Crippen molar-refractivity contribution in [2.24, 2.45) is 0 Å². The number of para-hydroxylation sites is 1. The third kappa shape index (κ3) is 2.38. The molecule has 4 heteroatoms. The van der Waals surface area contributed by atoms with E-state index in [1.165, 1.54) is 0 Å². The molecule has 2 aromatic carbocycles. The molecule has 0 aliphatic carbocycles. The number of hydrogen-bond donors (Lipinski definition) is 0. The summed E-state index contributed by atoms with van der Waals surface area (Å²) in [7, 11) is 0. The van der Waals surface area contributed by atoms with Crippen LogP contribution in [0.25, 0.3) is 28.0 Å². The Hall–Kier alpha value is -3.27. The highest BCUT2D eigenvalue weighted by Crippen LogP contribution is 2.24. The molecular formula is C20H15N3O. The number of aryl methyl sites for hydroxylation is 1. The van der Waals surface area contributed by atoms with E-state index in [4.69, 9.17) is 0 Å². The Bertz CT molecular complexity index is 1040. The van der Waals surface area contributed by atoms with Crippen LogP contribution in [0.15, 0.2) is 66.9 Å². The molecule has 0 saturated carbocycles. The van der Waals surface area contributed by atoms with Crippen molar-refractivity contribution < 1.29 is 4.79 Å². The number of carbonyl (C=O) groups is 1. The summed E-state index contributed by atoms with van der Waals surface area (Å²) in [5.74, 6) is 0.705. The molecular weight excluding hydrogens is 298 g/mol. The highest BCUT2D eigenvalue weighted by atomic mass is 16.1. The molecule has 0 atom stereocenters. The Balaban J connectivity index is 1.89. The third-order valence-electron chi connectivity index (χ3n) is 4.06. The van der Waals surface area contributed by atoms with Gasteiger partial charge in [0.25, 0.3) is 0 Å². The molecule has 0 spiro atoms. The average molecular weight is 313 g/mol. The van der Waals surface area contributed by atoms with Gasteiger partial charge in [0.05, 0.1) is 11.1 Å². The molecule has 0 unspecified atom stereocenters. The summed E-state index contributed by atoms with van der Waals surface area (Å²) < 4.78 is 1.67. The fraction of sp³-hybridized carbons (Fsp3) is 0.0500. The van der Waals surface area contributed by atoms with Gasteiger partial charge >= 0.3 is 0 Å². The Morgan fingerprint density at radius 2 is 1.75 bits per heavy atom. The van der Waals surface area contributed by atoms with Crippen molar-refractivity contribution in [1.82, 2.24) is 14.8 Å². The normalized spacial score (nSPS) is 10.9. The summed E-state index contributed by atoms with van der Waals surface area (Å²) in [4.78, 5) is 16.1. The summed E-state index contributed by atoms with van der Waals surface area (Å²) in [6.45, 7) is 2.05. The lowest BCUT2D eigenvalue weighted by Gasteiger charge is -2.06. The predicted molar refractivity (Wildman–Crippen MR) is 94.4 cm³/mol. The molecule has 0 fully saturated rings. The van der Waals surface area contributed by atoms with E-state index < -0.39 is 0 Å². The first-order valence-electron chi connectivity index (χ1n) is 7.73. The number of carbonyl (C=O) groups excluding carboxylic acids is 1. The van der Waals surface area contributed by atoms with Crippen molar-refractivity contribution in [3.05, 3.63) is 78.0 Å². The number of fused-ring (bicyclic) bond motifs is 1. The van der Waals surface area contributed by atoms with Crippen LogP contribution in [0, 0.1) is 6.92 Å². The average Bonchev–Trinajstić information content (AvgIpc) is 3.07. The van der Waals surface area contributed by atoms with Gasteiger partial charge in [0, 0.05) is 17.1 Å². The first-order valence-corrected chi connectivity index (χ1v) is 7.73. The van der Waals surface area contributed by atoms with E-state index in [2.05, 4.69) is 23.1 Å². The van der Waals surface area contributed by atoms with Crippen molar-refractivity contribution in [3.63, 3.8) is 0 Å². The minimum atomic E-state index is 0.550. The van der Waals surface area contributed by atoms with Crippen molar-refractivity contribution in [2.75, 3.05) is 0 Å². The van der Waals surface area contributed by atoms with Crippen LogP contribution in [0.2, 0.25) is 0 Å². The fourth-order valence-electron chi connectivity index (χ4n) is 2.86. The number of hydrogen-bond acceptors (Lipinski definition) is 3. The lowest BCUT2D eigenvalue weighted by atomic mass is 10.1. The second-order valence-electron chi connectivity index (χ2n) is 5.68. The lowest BCUT2D eigenvalue weighted by molar-refractivity contribution is 0.112. The molecule has 0 bridgehead atoms. The van der Waals surface area contributed by atoms with Crippen LogP contribution < -0.4 is 0 Å². The fourth-order valence-corrected chi connectivity index (χ4v) is 2.86. The van der Waals surface area contributed by atoms with E-state index in [1.54, 1.807) is 10.9 Å². The van der Waals surface area contributed by atoms with E-state index >= 15 is 0 Å². The van der Waals surface area contributed by atoms with Gasteiger partial charge in [-0.3, -0.25) is 4.79 Å². The maximum atomic E-state index is 11.5. The van der Waals surface area contributed by atoms with Gasteiger partial charge in [-0.15, -0.1) is 0 Å². The van der Waals surface area contributed by atoms with Crippen LogP contribution in [0.1, 0.15) is 15.9 Å². The number of rotatable bonds is 3. The van der Waals surface area contributed by atoms with E-state index in [1.807, 2.05) is 54.6 Å². The zero-order valence-corrected chi connectivity index (χ0v) is 13.2. The van der Waals surface area contributed by atoms with Crippen LogP contribution in [-0.2, 0) is 0 Å². The topological polar surface area (TPSA) is 47.8 Å². The number of pyridine rings is 1. The van der Waals surface area contributed by atoms with Gasteiger partial charge in [0.15, 0.2) is 12.1 Å². The van der Waals surface area contributed by atoms with E-state index in [-0.39, 0.29) is 0 Å². The second kappa shape index (κ2) is 5.74. The Morgan fingerprint density at radius 3 is 2.54 bits per heavy atom. The summed E-state index contributed by atoms with van der Waals surface area (Å²) in [6, 6.07) is 19.7. The quantitative estimate of drug-likeness (QED) is 0.532. The summed E-state index contributed by atoms with van der Waals surface area (Å²) in [5.41, 5.74) is 4.17. The lowest BCUT2D eigenvalue weighted by Crippen LogP contribution is -1.99. The molecule has 4 nitrogen and oxygen atoms in total. The summed E-state index contributed by atoms with van der Waals surface area (Å²) in [5, 5.41) is 5.71. The molecule has 116 valence electrons. The van der Waals surface area contributed by atoms with E-state index in [0.29, 0.717) is 17.1 Å². The van der Waals surface area contributed by atoms with Crippen LogP contribution in [0.3, 0.4) is 0 Å². The zero-order valence-electron chi connectivity index (χ0n) is 13.2. The number of benzene rings is 2. The van der Waals surface area contributed by atoms with Gasteiger partial charge < -0.3 is 0 Å². The molecule has 0 N–H and O–H groups in total. The smallest absolute Gasteiger partial charge is 0.154 e. The molecule has 0 saturated heterocycles. The minimum Gasteiger partial charge on any atom is -0.298 e. The zero-order chi connectivity index (χ0) is 16.5. The standard InChI is InChI=1S/C20H15N3O/c1-14-11-19(21-18-10-6-5-9-17(14)18)23-12-16(13-24)20(22-23)15-7-3-2-4-8-15/h2-13H,1H3. The first-order chi connectivity index (χ1) is 11.8. The number of nitrogens with zero attached hydrogens (tertiary/aromatic N) is 3. The molecule has 0 radical (unpaired) electrons. The maximum Gasteiger partial charge on any atom is 0.154 e. The largest absolute Gasteiger partial charge is 0.298 e. The first kappa shape index (κ1) is 14.3. The summed E-state index contributed by atoms with van der Waals surface area (Å²) >= 11 is 0. The van der Waals surface area contributed by atoms with Gasteiger partial charge in [-0.2, -0.15) is 5.10 Å². The molecule has 0 aliphatic heterocycles. The van der Waals surface area contributed by atoms with Gasteiger partial charge in [-0.25, -0.2) is 9.67 Å². The van der Waals surface area contributed by atoms with Crippen molar-refractivity contribution >= 4 is 17.2 Å². The number of aldehydes is 1. The molecule has 4 aromatic rings. The van der Waals surface area contributed by atoms with Crippen LogP contribution in [0.5, 0.6) is 0 Å². The molecule has 0 aliphatic rings. The van der Waals surface area contributed by atoms with Gasteiger partial charge in [-0.05, 0) is 24.6 Å². The molecule has 24 heavy (non-hydrogen) atoms. The van der Waals surface area contributed by atoms with Crippen molar-refractivity contribution in [2.45, 2.75) is 6.92 Å². The van der Waals surface area contributed by atoms with E-state index in [0.717, 1.165) is 28.3 Å². The molecule has 0 amide bonds. The molecule has 2 heterocycles. The third-order valence-corrected chi connectivity index (χ3v) is 4.06. The van der Waals surface area contributed by atoms with E-state index in [9.17, 15) is 4.79 Å². The second-order valence-corrected chi connectivity index (χ2v) is 5.68. The highest BCUT2D eigenvalue weighted by Gasteiger charge is 2.13. The molecule has 2 aromatic heterocycles. The molecule has 4 rings (SSSR count). The van der Waals surface area contributed by atoms with Crippen LogP contribution >= 0.6 is 0 Å². The Morgan fingerprint density at radius 1 is 1.00 bits per heavy atom. The number of aromatic nitrogens is 3. The van der Waals surface area contributed by atoms with Crippen LogP contribution in [0.4, 0.5) is 0 Å². The van der Waals surface area contributed by atoms with Gasteiger partial charge in [0.2, 0.25) is 0 Å². The highest BCUT2D eigenvalue weighted by molar-refractivity contribution is 5.86. The van der Waals surface area contributed by atoms with Crippen molar-refractivity contribution in [3.8, 4) is 17.1 Å². The Labute approximate surface area is 139 Å². The monoisotopic (exact) mass is 313 g/mol. The van der Waals surface area contributed by atoms with Gasteiger partial charge in [0.1, 0.15) is 5.69 Å². The Kier molecular flexibility index (Phi) is 3.43.